The maximum atomic E-state index is 13.5. The zero-order valence-corrected chi connectivity index (χ0v) is 26.9. The molecule has 9 atom stereocenters. The number of ether oxygens (including phenoxy) is 1. The van der Waals surface area contributed by atoms with E-state index >= 15 is 0 Å². The van der Waals surface area contributed by atoms with Crippen molar-refractivity contribution in [2.75, 3.05) is 6.61 Å². The highest BCUT2D eigenvalue weighted by atomic mass is 16.6. The normalized spacial score (nSPS) is 33.6. The number of aliphatic hydroxyl groups is 3. The smallest absolute Gasteiger partial charge is 0.329 e. The number of allylic oxidation sites excluding steroid dienone is 1. The van der Waals surface area contributed by atoms with Crippen LogP contribution in [0.5, 0.6) is 0 Å². The number of carbonyl (C=O) groups is 5. The van der Waals surface area contributed by atoms with E-state index in [1.54, 1.807) is 6.08 Å². The second kappa shape index (κ2) is 13.1. The summed E-state index contributed by atoms with van der Waals surface area (Å²) in [7, 11) is 0. The highest BCUT2D eigenvalue weighted by molar-refractivity contribution is 5.92. The number of aliphatic carboxylic acids is 1. The van der Waals surface area contributed by atoms with E-state index in [1.807, 2.05) is 6.92 Å². The van der Waals surface area contributed by atoms with E-state index in [4.69, 9.17) is 4.74 Å². The quantitative estimate of drug-likeness (QED) is 0.130. The predicted octanol–water partition coefficient (Wildman–Crippen LogP) is 2.32. The number of rotatable bonds is 11. The zero-order valence-electron chi connectivity index (χ0n) is 26.9. The number of carbonyl (C=O) groups excluding carboxylic acids is 4. The molecule has 0 bridgehead atoms. The summed E-state index contributed by atoms with van der Waals surface area (Å²) in [6, 6.07) is 2.79. The summed E-state index contributed by atoms with van der Waals surface area (Å²) in [6.45, 7) is 3.17. The number of nitrogens with one attached hydrogen (secondary N) is 1. The molecule has 5 N–H and O–H groups in total. The molecule has 1 aromatic carbocycles. The second-order valence-corrected chi connectivity index (χ2v) is 14.2. The number of esters is 1. The average molecular weight is 671 g/mol. The van der Waals surface area contributed by atoms with Crippen molar-refractivity contribution in [3.63, 3.8) is 0 Å². The molecule has 0 spiro atoms. The molecule has 0 radical (unpaired) electrons. The number of ketones is 2. The van der Waals surface area contributed by atoms with Gasteiger partial charge < -0.3 is 30.5 Å². The largest absolute Gasteiger partial charge is 0.480 e. The van der Waals surface area contributed by atoms with Gasteiger partial charge in [0.15, 0.2) is 18.4 Å². The number of carboxylic acids is 1. The summed E-state index contributed by atoms with van der Waals surface area (Å²) in [5.74, 6) is -4.19. The zero-order chi connectivity index (χ0) is 35.2. The van der Waals surface area contributed by atoms with E-state index in [0.29, 0.717) is 19.3 Å². The summed E-state index contributed by atoms with van der Waals surface area (Å²) in [6.07, 6.45) is 1.46. The van der Waals surface area contributed by atoms with E-state index in [2.05, 4.69) is 12.2 Å². The molecule has 0 aliphatic heterocycles. The summed E-state index contributed by atoms with van der Waals surface area (Å²) in [4.78, 5) is 72.7. The van der Waals surface area contributed by atoms with Gasteiger partial charge in [-0.1, -0.05) is 31.6 Å². The molecule has 4 aliphatic carbocycles. The Balaban J connectivity index is 1.16. The average Bonchev–Trinajstić information content (AvgIpc) is 3.31. The minimum absolute atomic E-state index is 0.0437. The standard InChI is InChI=1S/C34H42N2O12/c1-32-12-10-21(37)15-19(32)6-7-22-23-11-13-34(45,33(23,2)16-24(38)28(22)32)25(39)17-48-27(41)9-8-26(40)35-29(31(43)44)30(42)18-4-3-5-20(14-18)36(46)47/h3-5,14-15,22-24,28-30,38,42,45H,6-13,16-17H2,1-2H3,(H,35,40)(H,43,44)/t22-,23-,24-,28+,29?,30?,32-,33-,34-/m0/s1. The Kier molecular flexibility index (Phi) is 9.65. The molecule has 0 aromatic heterocycles. The van der Waals surface area contributed by atoms with E-state index in [0.717, 1.165) is 30.5 Å². The molecule has 3 fully saturated rings. The number of nitro benzene ring substituents is 1. The first-order valence-corrected chi connectivity index (χ1v) is 16.3. The molecular formula is C34H42N2O12. The fraction of sp³-hybridized carbons (Fsp3) is 0.618. The Morgan fingerprint density at radius 3 is 2.54 bits per heavy atom. The van der Waals surface area contributed by atoms with Gasteiger partial charge in [-0.05, 0) is 73.3 Å². The molecule has 2 unspecified atom stereocenters. The Labute approximate surface area is 276 Å². The second-order valence-electron chi connectivity index (χ2n) is 14.2. The van der Waals surface area contributed by atoms with Crippen LogP contribution in [0.2, 0.25) is 0 Å². The summed E-state index contributed by atoms with van der Waals surface area (Å²) in [5, 5.41) is 56.6. The lowest BCUT2D eigenvalue weighted by Gasteiger charge is -2.60. The predicted molar refractivity (Wildman–Crippen MR) is 166 cm³/mol. The molecule has 0 saturated heterocycles. The van der Waals surface area contributed by atoms with Gasteiger partial charge in [-0.2, -0.15) is 0 Å². The Bertz CT molecular complexity index is 1560. The van der Waals surface area contributed by atoms with Gasteiger partial charge in [-0.3, -0.25) is 29.3 Å². The van der Waals surface area contributed by atoms with Crippen LogP contribution in [0.15, 0.2) is 35.9 Å². The third kappa shape index (κ3) is 6.16. The number of nitrogens with zero attached hydrogens (tertiary/aromatic N) is 1. The van der Waals surface area contributed by atoms with Gasteiger partial charge in [-0.25, -0.2) is 4.79 Å². The lowest BCUT2D eigenvalue weighted by atomic mass is 9.45. The number of non-ortho nitro benzene ring substituents is 1. The van der Waals surface area contributed by atoms with E-state index in [-0.39, 0.29) is 53.0 Å². The van der Waals surface area contributed by atoms with Crippen molar-refractivity contribution in [1.29, 1.82) is 0 Å². The number of fused-ring (bicyclic) bond motifs is 5. The Morgan fingerprint density at radius 1 is 1.12 bits per heavy atom. The molecule has 5 rings (SSSR count). The van der Waals surface area contributed by atoms with Crippen LogP contribution in [-0.4, -0.2) is 79.1 Å². The molecule has 14 heteroatoms. The lowest BCUT2D eigenvalue weighted by Crippen LogP contribution is -2.62. The molecule has 48 heavy (non-hydrogen) atoms. The highest BCUT2D eigenvalue weighted by Gasteiger charge is 2.68. The molecule has 1 aromatic rings. The number of hydrogen-bond acceptors (Lipinski definition) is 11. The molecule has 0 heterocycles. The van der Waals surface area contributed by atoms with Gasteiger partial charge in [0.2, 0.25) is 11.7 Å². The Hall–Kier alpha value is -4.01. The van der Waals surface area contributed by atoms with Crippen molar-refractivity contribution in [2.45, 2.75) is 95.5 Å². The molecule has 1 amide bonds. The number of benzene rings is 1. The number of amides is 1. The van der Waals surface area contributed by atoms with Crippen molar-refractivity contribution in [3.05, 3.63) is 51.6 Å². The summed E-state index contributed by atoms with van der Waals surface area (Å²) in [5.41, 5.74) is -2.56. The number of nitro groups is 1. The topological polar surface area (TPSA) is 231 Å². The van der Waals surface area contributed by atoms with Crippen molar-refractivity contribution in [2.24, 2.45) is 28.6 Å². The molecule has 4 aliphatic rings. The van der Waals surface area contributed by atoms with Gasteiger partial charge in [-0.15, -0.1) is 0 Å². The molecule has 260 valence electrons. The molecule has 3 saturated carbocycles. The third-order valence-corrected chi connectivity index (χ3v) is 11.8. The minimum atomic E-state index is -1.87. The molecular weight excluding hydrogens is 628 g/mol. The van der Waals surface area contributed by atoms with Crippen LogP contribution >= 0.6 is 0 Å². The van der Waals surface area contributed by atoms with Crippen molar-refractivity contribution in [3.8, 4) is 0 Å². The monoisotopic (exact) mass is 670 g/mol. The fourth-order valence-electron chi connectivity index (χ4n) is 9.24. The molecule has 14 nitrogen and oxygen atoms in total. The SMILES string of the molecule is C[C@]12CCC(=O)C=C1CC[C@@H]1[C@@H]2[C@@H](O)C[C@@]2(C)[C@H]1CC[C@]2(O)C(=O)COC(=O)CCC(=O)NC(C(=O)O)C(O)c1cccc([N+](=O)[O-])c1. The minimum Gasteiger partial charge on any atom is -0.480 e. The van der Waals surface area contributed by atoms with E-state index in [9.17, 15) is 54.5 Å². The van der Waals surface area contributed by atoms with E-state index in [1.165, 1.54) is 12.1 Å². The van der Waals surface area contributed by atoms with Crippen LogP contribution in [0.1, 0.15) is 83.3 Å². The van der Waals surface area contributed by atoms with Gasteiger partial charge >= 0.3 is 11.9 Å². The first kappa shape index (κ1) is 35.3. The van der Waals surface area contributed by atoms with Gasteiger partial charge in [0, 0.05) is 30.4 Å². The van der Waals surface area contributed by atoms with Crippen LogP contribution in [-0.2, 0) is 28.7 Å². The van der Waals surface area contributed by atoms with Gasteiger partial charge in [0.25, 0.3) is 5.69 Å². The fourth-order valence-corrected chi connectivity index (χ4v) is 9.24. The number of Topliss-reactive ketones (excluding diaryl/α,β-unsaturated/α-hetero) is 1. The third-order valence-electron chi connectivity index (χ3n) is 11.8. The highest BCUT2D eigenvalue weighted by Crippen LogP contribution is 2.67. The van der Waals surface area contributed by atoms with Crippen LogP contribution in [0.25, 0.3) is 0 Å². The number of carboxylic acid groups (broad SMARTS) is 1. The van der Waals surface area contributed by atoms with Gasteiger partial charge in [0.1, 0.15) is 11.7 Å². The summed E-state index contributed by atoms with van der Waals surface area (Å²) >= 11 is 0. The first-order valence-electron chi connectivity index (χ1n) is 16.3. The maximum Gasteiger partial charge on any atom is 0.329 e. The van der Waals surface area contributed by atoms with Crippen molar-refractivity contribution < 1.29 is 54.1 Å². The summed E-state index contributed by atoms with van der Waals surface area (Å²) < 4.78 is 5.13. The van der Waals surface area contributed by atoms with Crippen LogP contribution in [0, 0.1) is 38.7 Å². The number of aliphatic hydroxyl groups excluding tert-OH is 2. The van der Waals surface area contributed by atoms with Crippen LogP contribution < -0.4 is 5.32 Å². The van der Waals surface area contributed by atoms with Crippen molar-refractivity contribution >= 4 is 35.1 Å². The van der Waals surface area contributed by atoms with Crippen molar-refractivity contribution in [1.82, 2.24) is 5.32 Å². The van der Waals surface area contributed by atoms with Crippen LogP contribution in [0.4, 0.5) is 5.69 Å². The number of hydrogen-bond donors (Lipinski definition) is 5. The van der Waals surface area contributed by atoms with E-state index < -0.39 is 77.3 Å². The first-order chi connectivity index (χ1) is 22.5. The Morgan fingerprint density at radius 2 is 1.85 bits per heavy atom. The lowest BCUT2D eigenvalue weighted by molar-refractivity contribution is -0.385. The maximum absolute atomic E-state index is 13.5. The van der Waals surface area contributed by atoms with Crippen LogP contribution in [0.3, 0.4) is 0 Å². The van der Waals surface area contributed by atoms with Gasteiger partial charge in [0.05, 0.1) is 17.4 Å².